The van der Waals surface area contributed by atoms with Gasteiger partial charge in [0.2, 0.25) is 0 Å². The molecule has 0 fully saturated rings. The van der Waals surface area contributed by atoms with E-state index in [2.05, 4.69) is 0 Å². The van der Waals surface area contributed by atoms with Crippen LogP contribution < -0.4 is 11.1 Å². The number of hydrogen-bond donors (Lipinski definition) is 2. The van der Waals surface area contributed by atoms with Gasteiger partial charge < -0.3 is 11.1 Å². The van der Waals surface area contributed by atoms with E-state index in [1.807, 2.05) is 5.32 Å². The topological polar surface area (TPSA) is 72.2 Å². The minimum absolute atomic E-state index is 0.0230. The van der Waals surface area contributed by atoms with Gasteiger partial charge in [0.05, 0.1) is 9.75 Å². The SMILES string of the molecule is C[C@](NC(=O)c1ccc(C(N)=O)s1)(c1ccccc1)C(F)(F)F. The van der Waals surface area contributed by atoms with Gasteiger partial charge in [-0.2, -0.15) is 13.2 Å². The lowest BCUT2D eigenvalue weighted by Crippen LogP contribution is -2.53. The van der Waals surface area contributed by atoms with Crippen LogP contribution in [0.3, 0.4) is 0 Å². The second-order valence-electron chi connectivity index (χ2n) is 4.97. The number of benzene rings is 1. The molecule has 1 heterocycles. The fourth-order valence-electron chi connectivity index (χ4n) is 1.96. The van der Waals surface area contributed by atoms with Crippen molar-refractivity contribution in [2.24, 2.45) is 5.73 Å². The predicted molar refractivity (Wildman–Crippen MR) is 80.2 cm³/mol. The summed E-state index contributed by atoms with van der Waals surface area (Å²) in [6.07, 6.45) is -4.70. The molecule has 1 atom stereocenters. The van der Waals surface area contributed by atoms with Crippen LogP contribution in [0.2, 0.25) is 0 Å². The molecule has 2 aromatic rings. The molecule has 0 saturated carbocycles. The van der Waals surface area contributed by atoms with Crippen molar-refractivity contribution in [3.05, 3.63) is 57.8 Å². The van der Waals surface area contributed by atoms with Crippen molar-refractivity contribution in [2.75, 3.05) is 0 Å². The average molecular weight is 342 g/mol. The molecule has 122 valence electrons. The molecule has 1 aromatic carbocycles. The van der Waals surface area contributed by atoms with Crippen molar-refractivity contribution in [3.8, 4) is 0 Å². The fraction of sp³-hybridized carbons (Fsp3) is 0.200. The van der Waals surface area contributed by atoms with Gasteiger partial charge in [-0.15, -0.1) is 11.3 Å². The molecular formula is C15H13F3N2O2S. The Kier molecular flexibility index (Phi) is 4.46. The lowest BCUT2D eigenvalue weighted by atomic mass is 9.91. The predicted octanol–water partition coefficient (Wildman–Crippen LogP) is 3.05. The number of hydrogen-bond acceptors (Lipinski definition) is 3. The van der Waals surface area contributed by atoms with Gasteiger partial charge in [-0.25, -0.2) is 0 Å². The zero-order valence-electron chi connectivity index (χ0n) is 12.0. The molecule has 4 nitrogen and oxygen atoms in total. The molecule has 3 N–H and O–H groups in total. The first kappa shape index (κ1) is 17.0. The van der Waals surface area contributed by atoms with Crippen LogP contribution >= 0.6 is 11.3 Å². The minimum atomic E-state index is -4.70. The monoisotopic (exact) mass is 342 g/mol. The zero-order valence-corrected chi connectivity index (χ0v) is 12.8. The smallest absolute Gasteiger partial charge is 0.365 e. The standard InChI is InChI=1S/C15H13F3N2O2S/c1-14(15(16,17)18,9-5-3-2-4-6-9)20-13(22)11-8-7-10(23-11)12(19)21/h2-8H,1H3,(H2,19,21)(H,20,22)/t14-/m0/s1. The number of amides is 2. The van der Waals surface area contributed by atoms with Crippen molar-refractivity contribution in [1.82, 2.24) is 5.32 Å². The van der Waals surface area contributed by atoms with Gasteiger partial charge in [-0.1, -0.05) is 30.3 Å². The van der Waals surface area contributed by atoms with Gasteiger partial charge in [-0.3, -0.25) is 9.59 Å². The zero-order chi connectivity index (χ0) is 17.3. The Labute approximate surface area is 134 Å². The average Bonchev–Trinajstić information content (AvgIpc) is 2.97. The lowest BCUT2D eigenvalue weighted by Gasteiger charge is -2.33. The molecule has 0 unspecified atom stereocenters. The van der Waals surface area contributed by atoms with E-state index in [0.29, 0.717) is 0 Å². The molecule has 0 aliphatic rings. The van der Waals surface area contributed by atoms with Crippen molar-refractivity contribution in [3.63, 3.8) is 0 Å². The first-order valence-electron chi connectivity index (χ1n) is 6.49. The van der Waals surface area contributed by atoms with Crippen LogP contribution in [-0.2, 0) is 5.54 Å². The van der Waals surface area contributed by atoms with Crippen LogP contribution in [0.1, 0.15) is 31.8 Å². The Balaban J connectivity index is 2.35. The Morgan fingerprint density at radius 1 is 1.04 bits per heavy atom. The lowest BCUT2D eigenvalue weighted by molar-refractivity contribution is -0.192. The Bertz CT molecular complexity index is 728. The third kappa shape index (κ3) is 3.37. The van der Waals surface area contributed by atoms with Crippen LogP contribution in [0.25, 0.3) is 0 Å². The molecule has 0 aliphatic heterocycles. The quantitative estimate of drug-likeness (QED) is 0.896. The molecule has 0 radical (unpaired) electrons. The molecule has 0 spiro atoms. The summed E-state index contributed by atoms with van der Waals surface area (Å²) in [4.78, 5) is 23.3. The van der Waals surface area contributed by atoms with Crippen molar-refractivity contribution >= 4 is 23.2 Å². The van der Waals surface area contributed by atoms with E-state index in [4.69, 9.17) is 5.73 Å². The third-order valence-corrected chi connectivity index (χ3v) is 4.45. The summed E-state index contributed by atoms with van der Waals surface area (Å²) in [5.41, 5.74) is 2.43. The van der Waals surface area contributed by atoms with E-state index in [0.717, 1.165) is 18.3 Å². The minimum Gasteiger partial charge on any atom is -0.365 e. The van der Waals surface area contributed by atoms with Gasteiger partial charge in [0.25, 0.3) is 11.8 Å². The first-order valence-corrected chi connectivity index (χ1v) is 7.31. The highest BCUT2D eigenvalue weighted by molar-refractivity contribution is 7.15. The highest BCUT2D eigenvalue weighted by Crippen LogP contribution is 2.39. The fourth-order valence-corrected chi connectivity index (χ4v) is 2.71. The van der Waals surface area contributed by atoms with Crippen molar-refractivity contribution < 1.29 is 22.8 Å². The summed E-state index contributed by atoms with van der Waals surface area (Å²) in [5.74, 6) is -1.66. The molecule has 8 heteroatoms. The summed E-state index contributed by atoms with van der Waals surface area (Å²) >= 11 is 0.742. The van der Waals surface area contributed by atoms with E-state index in [-0.39, 0.29) is 15.3 Å². The number of nitrogens with one attached hydrogen (secondary N) is 1. The van der Waals surface area contributed by atoms with Crippen LogP contribution in [0.15, 0.2) is 42.5 Å². The molecule has 1 aromatic heterocycles. The Morgan fingerprint density at radius 3 is 2.09 bits per heavy atom. The molecular weight excluding hydrogens is 329 g/mol. The van der Waals surface area contributed by atoms with Crippen LogP contribution in [0.4, 0.5) is 13.2 Å². The number of rotatable bonds is 4. The van der Waals surface area contributed by atoms with E-state index >= 15 is 0 Å². The highest BCUT2D eigenvalue weighted by atomic mass is 32.1. The Hall–Kier alpha value is -2.35. The summed E-state index contributed by atoms with van der Waals surface area (Å²) in [6.45, 7) is 0.892. The maximum Gasteiger partial charge on any atom is 0.415 e. The molecule has 2 amide bonds. The summed E-state index contributed by atoms with van der Waals surface area (Å²) in [6, 6.07) is 9.65. The number of carbonyl (C=O) groups excluding carboxylic acids is 2. The number of thiophene rings is 1. The number of nitrogens with two attached hydrogens (primary N) is 1. The molecule has 2 rings (SSSR count). The first-order chi connectivity index (χ1) is 10.6. The van der Waals surface area contributed by atoms with Gasteiger partial charge in [0.15, 0.2) is 5.54 Å². The third-order valence-electron chi connectivity index (χ3n) is 3.35. The Morgan fingerprint density at radius 2 is 1.61 bits per heavy atom. The van der Waals surface area contributed by atoms with Crippen molar-refractivity contribution in [1.29, 1.82) is 0 Å². The number of alkyl halides is 3. The van der Waals surface area contributed by atoms with Crippen LogP contribution in [0.5, 0.6) is 0 Å². The van der Waals surface area contributed by atoms with Gasteiger partial charge >= 0.3 is 6.18 Å². The number of primary amides is 1. The summed E-state index contributed by atoms with van der Waals surface area (Å²) < 4.78 is 40.5. The molecule has 0 saturated heterocycles. The number of carbonyl (C=O) groups is 2. The van der Waals surface area contributed by atoms with Gasteiger partial charge in [0, 0.05) is 0 Å². The maximum absolute atomic E-state index is 13.5. The van der Waals surface area contributed by atoms with Crippen LogP contribution in [-0.4, -0.2) is 18.0 Å². The second kappa shape index (κ2) is 6.04. The van der Waals surface area contributed by atoms with Gasteiger partial charge in [0.1, 0.15) is 0 Å². The summed E-state index contributed by atoms with van der Waals surface area (Å²) in [7, 11) is 0. The molecule has 0 bridgehead atoms. The largest absolute Gasteiger partial charge is 0.415 e. The van der Waals surface area contributed by atoms with E-state index in [9.17, 15) is 22.8 Å². The van der Waals surface area contributed by atoms with Gasteiger partial charge in [-0.05, 0) is 24.6 Å². The second-order valence-corrected chi connectivity index (χ2v) is 6.05. The molecule has 23 heavy (non-hydrogen) atoms. The maximum atomic E-state index is 13.5. The summed E-state index contributed by atoms with van der Waals surface area (Å²) in [5, 5.41) is 2.01. The number of halogens is 3. The van der Waals surface area contributed by atoms with Crippen molar-refractivity contribution in [2.45, 2.75) is 18.6 Å². The highest BCUT2D eigenvalue weighted by Gasteiger charge is 2.53. The van der Waals surface area contributed by atoms with E-state index in [1.54, 1.807) is 6.07 Å². The van der Waals surface area contributed by atoms with E-state index < -0.39 is 23.5 Å². The van der Waals surface area contributed by atoms with E-state index in [1.165, 1.54) is 36.4 Å². The van der Waals surface area contributed by atoms with Crippen LogP contribution in [0, 0.1) is 0 Å². The normalized spacial score (nSPS) is 14.1. The molecule has 0 aliphatic carbocycles.